The molecule has 14 heavy (non-hydrogen) atoms. The van der Waals surface area contributed by atoms with Gasteiger partial charge in [-0.25, -0.2) is 0 Å². The highest BCUT2D eigenvalue weighted by molar-refractivity contribution is 7.14. The number of Topliss-reactive ketones (excluding diaryl/α,β-unsaturated/α-hetero) is 1. The minimum Gasteiger partial charge on any atom is -0.293 e. The number of carbonyl (C=O) groups excluding carboxylic acids is 1. The zero-order valence-corrected chi connectivity index (χ0v) is 10.4. The van der Waals surface area contributed by atoms with Crippen molar-refractivity contribution in [3.63, 3.8) is 0 Å². The van der Waals surface area contributed by atoms with Gasteiger partial charge in [-0.15, -0.1) is 11.3 Å². The largest absolute Gasteiger partial charge is 0.293 e. The normalized spacial score (nSPS) is 11.8. The van der Waals surface area contributed by atoms with Crippen LogP contribution in [0.4, 0.5) is 0 Å². The Balaban J connectivity index is 3.06. The first-order valence-electron chi connectivity index (χ1n) is 5.00. The number of thiophene rings is 1. The minimum absolute atomic E-state index is 0.220. The van der Waals surface area contributed by atoms with Crippen molar-refractivity contribution >= 4 is 17.1 Å². The van der Waals surface area contributed by atoms with Crippen LogP contribution >= 0.6 is 11.3 Å². The molecular weight excluding hydrogens is 192 g/mol. The zero-order chi connectivity index (χ0) is 10.9. The van der Waals surface area contributed by atoms with Crippen LogP contribution in [0.5, 0.6) is 0 Å². The summed E-state index contributed by atoms with van der Waals surface area (Å²) < 4.78 is 0. The van der Waals surface area contributed by atoms with Crippen LogP contribution in [0.1, 0.15) is 47.3 Å². The van der Waals surface area contributed by atoms with Crippen LogP contribution in [0, 0.1) is 19.3 Å². The average Bonchev–Trinajstić information content (AvgIpc) is 2.44. The zero-order valence-electron chi connectivity index (χ0n) is 9.60. The lowest BCUT2D eigenvalue weighted by atomic mass is 9.84. The molecule has 1 aromatic heterocycles. The predicted molar refractivity (Wildman–Crippen MR) is 62.2 cm³/mol. The van der Waals surface area contributed by atoms with Crippen molar-refractivity contribution < 1.29 is 4.79 Å². The molecule has 0 unspecified atom stereocenters. The number of aryl methyl sites for hydroxylation is 2. The van der Waals surface area contributed by atoms with Gasteiger partial charge >= 0.3 is 0 Å². The van der Waals surface area contributed by atoms with Gasteiger partial charge < -0.3 is 0 Å². The molecule has 0 aliphatic heterocycles. The van der Waals surface area contributed by atoms with Crippen LogP contribution in [0.25, 0.3) is 0 Å². The Morgan fingerprint density at radius 2 is 2.00 bits per heavy atom. The Morgan fingerprint density at radius 1 is 1.43 bits per heavy atom. The molecule has 1 aromatic rings. The van der Waals surface area contributed by atoms with Gasteiger partial charge in [0.1, 0.15) is 0 Å². The molecule has 0 radical (unpaired) electrons. The van der Waals surface area contributed by atoms with Gasteiger partial charge in [-0.3, -0.25) is 4.79 Å². The second-order valence-corrected chi connectivity index (χ2v) is 5.69. The Bertz CT molecular complexity index is 347. The maximum atomic E-state index is 12.1. The molecule has 0 aliphatic carbocycles. The molecule has 1 heterocycles. The van der Waals surface area contributed by atoms with Crippen molar-refractivity contribution in [1.82, 2.24) is 0 Å². The standard InChI is InChI=1S/C12H18OS/c1-6-12(4,5)11(13)10-8(2)7-9(3)14-10/h7H,6H2,1-5H3. The lowest BCUT2D eigenvalue weighted by Crippen LogP contribution is -2.22. The molecule has 0 spiro atoms. The molecule has 2 heteroatoms. The van der Waals surface area contributed by atoms with Gasteiger partial charge in [0, 0.05) is 10.3 Å². The van der Waals surface area contributed by atoms with Crippen molar-refractivity contribution in [2.75, 3.05) is 0 Å². The summed E-state index contributed by atoms with van der Waals surface area (Å²) in [7, 11) is 0. The van der Waals surface area contributed by atoms with E-state index >= 15 is 0 Å². The van der Waals surface area contributed by atoms with Crippen LogP contribution in [-0.4, -0.2) is 5.78 Å². The summed E-state index contributed by atoms with van der Waals surface area (Å²) in [4.78, 5) is 14.3. The Morgan fingerprint density at radius 3 is 2.36 bits per heavy atom. The fourth-order valence-electron chi connectivity index (χ4n) is 1.33. The number of hydrogen-bond donors (Lipinski definition) is 0. The lowest BCUT2D eigenvalue weighted by Gasteiger charge is -2.20. The Kier molecular flexibility index (Phi) is 3.15. The predicted octanol–water partition coefficient (Wildman–Crippen LogP) is 3.98. The second kappa shape index (κ2) is 3.85. The molecule has 0 fully saturated rings. The van der Waals surface area contributed by atoms with E-state index in [9.17, 15) is 4.79 Å². The molecular formula is C12H18OS. The summed E-state index contributed by atoms with van der Waals surface area (Å²) in [6, 6.07) is 2.09. The van der Waals surface area contributed by atoms with Gasteiger partial charge in [0.25, 0.3) is 0 Å². The third-order valence-electron chi connectivity index (χ3n) is 2.75. The van der Waals surface area contributed by atoms with Gasteiger partial charge in [0.05, 0.1) is 4.88 Å². The maximum absolute atomic E-state index is 12.1. The van der Waals surface area contributed by atoms with E-state index in [1.807, 2.05) is 27.7 Å². The molecule has 0 aliphatic rings. The molecule has 78 valence electrons. The number of ketones is 1. The number of rotatable bonds is 3. The van der Waals surface area contributed by atoms with E-state index < -0.39 is 0 Å². The van der Waals surface area contributed by atoms with E-state index in [2.05, 4.69) is 13.0 Å². The molecule has 0 atom stereocenters. The summed E-state index contributed by atoms with van der Waals surface area (Å²) >= 11 is 1.62. The van der Waals surface area contributed by atoms with Gasteiger partial charge in [-0.05, 0) is 31.9 Å². The summed E-state index contributed by atoms with van der Waals surface area (Å²) in [5.41, 5.74) is 0.904. The van der Waals surface area contributed by atoms with Gasteiger partial charge in [0.2, 0.25) is 0 Å². The quantitative estimate of drug-likeness (QED) is 0.690. The van der Waals surface area contributed by atoms with Crippen molar-refractivity contribution in [2.24, 2.45) is 5.41 Å². The van der Waals surface area contributed by atoms with Gasteiger partial charge in [-0.2, -0.15) is 0 Å². The highest BCUT2D eigenvalue weighted by Crippen LogP contribution is 2.31. The van der Waals surface area contributed by atoms with Gasteiger partial charge in [-0.1, -0.05) is 20.8 Å². The summed E-state index contributed by atoms with van der Waals surface area (Å²) in [5, 5.41) is 0. The third-order valence-corrected chi connectivity index (χ3v) is 3.90. The monoisotopic (exact) mass is 210 g/mol. The van der Waals surface area contributed by atoms with Crippen molar-refractivity contribution in [3.05, 3.63) is 21.4 Å². The lowest BCUT2D eigenvalue weighted by molar-refractivity contribution is 0.0837. The van der Waals surface area contributed by atoms with Crippen molar-refractivity contribution in [3.8, 4) is 0 Å². The van der Waals surface area contributed by atoms with Crippen LogP contribution in [-0.2, 0) is 0 Å². The van der Waals surface area contributed by atoms with Crippen LogP contribution in [0.3, 0.4) is 0 Å². The second-order valence-electron chi connectivity index (χ2n) is 4.44. The molecule has 0 aromatic carbocycles. The fraction of sp³-hybridized carbons (Fsp3) is 0.583. The summed E-state index contributed by atoms with van der Waals surface area (Å²) in [6.45, 7) is 10.2. The molecule has 0 bridgehead atoms. The van der Waals surface area contributed by atoms with Crippen LogP contribution < -0.4 is 0 Å². The fourth-order valence-corrected chi connectivity index (χ4v) is 2.48. The van der Waals surface area contributed by atoms with E-state index in [1.165, 1.54) is 4.88 Å². The third kappa shape index (κ3) is 2.06. The van der Waals surface area contributed by atoms with Crippen molar-refractivity contribution in [2.45, 2.75) is 41.0 Å². The average molecular weight is 210 g/mol. The summed E-state index contributed by atoms with van der Waals surface area (Å²) in [5.74, 6) is 0.288. The molecule has 0 saturated heterocycles. The van der Waals surface area contributed by atoms with Crippen LogP contribution in [0.15, 0.2) is 6.07 Å². The minimum atomic E-state index is -0.220. The SMILES string of the molecule is CCC(C)(C)C(=O)c1sc(C)cc1C. The topological polar surface area (TPSA) is 17.1 Å². The van der Waals surface area contributed by atoms with E-state index in [4.69, 9.17) is 0 Å². The first-order chi connectivity index (χ1) is 6.38. The van der Waals surface area contributed by atoms with Crippen molar-refractivity contribution in [1.29, 1.82) is 0 Å². The molecule has 0 saturated carbocycles. The summed E-state index contributed by atoms with van der Waals surface area (Å²) in [6.07, 6.45) is 0.891. The number of carbonyl (C=O) groups is 1. The number of hydrogen-bond acceptors (Lipinski definition) is 2. The van der Waals surface area contributed by atoms with E-state index in [0.717, 1.165) is 16.9 Å². The highest BCUT2D eigenvalue weighted by Gasteiger charge is 2.28. The first kappa shape index (κ1) is 11.4. The Labute approximate surface area is 90.2 Å². The molecule has 0 N–H and O–H groups in total. The maximum Gasteiger partial charge on any atom is 0.178 e. The molecule has 1 nitrogen and oxygen atoms in total. The Hall–Kier alpha value is -0.630. The van der Waals surface area contributed by atoms with Gasteiger partial charge in [0.15, 0.2) is 5.78 Å². The smallest absolute Gasteiger partial charge is 0.178 e. The van der Waals surface area contributed by atoms with Crippen LogP contribution in [0.2, 0.25) is 0 Å². The molecule has 0 amide bonds. The first-order valence-corrected chi connectivity index (χ1v) is 5.82. The van der Waals surface area contributed by atoms with E-state index in [1.54, 1.807) is 11.3 Å². The van der Waals surface area contributed by atoms with E-state index in [0.29, 0.717) is 0 Å². The highest BCUT2D eigenvalue weighted by atomic mass is 32.1. The molecule has 1 rings (SSSR count). The van der Waals surface area contributed by atoms with E-state index in [-0.39, 0.29) is 11.2 Å².